The van der Waals surface area contributed by atoms with Gasteiger partial charge in [0.05, 0.1) is 0 Å². The molecule has 0 spiro atoms. The quantitative estimate of drug-likeness (QED) is 0.717. The van der Waals surface area contributed by atoms with Crippen LogP contribution in [0.4, 0.5) is 0 Å². The van der Waals surface area contributed by atoms with Crippen molar-refractivity contribution in [2.45, 2.75) is 18.6 Å². The molecule has 1 aliphatic heterocycles. The van der Waals surface area contributed by atoms with E-state index in [1.54, 1.807) is 11.3 Å². The predicted molar refractivity (Wildman–Crippen MR) is 89.0 cm³/mol. The Morgan fingerprint density at radius 2 is 2.05 bits per heavy atom. The number of aliphatic hydroxyl groups excluding tert-OH is 1. The van der Waals surface area contributed by atoms with Crippen molar-refractivity contribution >= 4 is 37.4 Å². The molecule has 0 saturated carbocycles. The minimum absolute atomic E-state index is 0.209. The molecule has 4 heteroatoms. The van der Waals surface area contributed by atoms with Crippen LogP contribution in [-0.2, 0) is 6.42 Å². The molecule has 106 valence electrons. The Kier molecular flexibility index (Phi) is 3.25. The van der Waals surface area contributed by atoms with Crippen molar-refractivity contribution < 1.29 is 9.84 Å². The summed E-state index contributed by atoms with van der Waals surface area (Å²) in [6.07, 6.45) is -0.0671. The third-order valence-corrected chi connectivity index (χ3v) is 5.90. The first-order valence-electron chi connectivity index (χ1n) is 6.82. The second kappa shape index (κ2) is 5.13. The molecule has 0 amide bonds. The fraction of sp³-hybridized carbons (Fsp3) is 0.176. The normalized spacial score (nSPS) is 18.5. The Morgan fingerprint density at radius 3 is 2.90 bits per heavy atom. The summed E-state index contributed by atoms with van der Waals surface area (Å²) in [6, 6.07) is 14.1. The Bertz CT molecular complexity index is 786. The van der Waals surface area contributed by atoms with Crippen molar-refractivity contribution in [2.24, 2.45) is 0 Å². The minimum atomic E-state index is -0.611. The van der Waals surface area contributed by atoms with Gasteiger partial charge in [-0.25, -0.2) is 0 Å². The zero-order valence-corrected chi connectivity index (χ0v) is 13.5. The highest BCUT2D eigenvalue weighted by molar-refractivity contribution is 9.10. The van der Waals surface area contributed by atoms with Crippen molar-refractivity contribution in [1.29, 1.82) is 0 Å². The van der Waals surface area contributed by atoms with E-state index in [9.17, 15) is 5.11 Å². The average molecular weight is 361 g/mol. The Morgan fingerprint density at radius 1 is 1.19 bits per heavy atom. The molecule has 3 aromatic rings. The lowest BCUT2D eigenvalue weighted by molar-refractivity contribution is 0.0504. The van der Waals surface area contributed by atoms with Crippen molar-refractivity contribution in [1.82, 2.24) is 0 Å². The molecule has 2 atom stereocenters. The second-order valence-electron chi connectivity index (χ2n) is 5.22. The van der Waals surface area contributed by atoms with E-state index >= 15 is 0 Å². The third kappa shape index (κ3) is 2.18. The maximum atomic E-state index is 10.7. The summed E-state index contributed by atoms with van der Waals surface area (Å²) >= 11 is 5.21. The van der Waals surface area contributed by atoms with E-state index in [-0.39, 0.29) is 6.10 Å². The molecule has 4 rings (SSSR count). The molecule has 0 saturated heterocycles. The number of ether oxygens (including phenoxy) is 1. The highest BCUT2D eigenvalue weighted by Crippen LogP contribution is 2.39. The fourth-order valence-electron chi connectivity index (χ4n) is 2.86. The van der Waals surface area contributed by atoms with Gasteiger partial charge in [-0.2, -0.15) is 0 Å². The molecule has 2 aromatic carbocycles. The number of fused-ring (bicyclic) bond motifs is 2. The van der Waals surface area contributed by atoms with E-state index in [4.69, 9.17) is 4.74 Å². The molecule has 2 unspecified atom stereocenters. The molecule has 0 aliphatic carbocycles. The van der Waals surface area contributed by atoms with Gasteiger partial charge in [0.15, 0.2) is 0 Å². The van der Waals surface area contributed by atoms with Crippen LogP contribution in [0.5, 0.6) is 5.75 Å². The summed E-state index contributed by atoms with van der Waals surface area (Å²) in [5.74, 6) is 0.891. The summed E-state index contributed by atoms with van der Waals surface area (Å²) in [5, 5.41) is 13.9. The molecule has 2 nitrogen and oxygen atoms in total. The van der Waals surface area contributed by atoms with Crippen molar-refractivity contribution in [3.63, 3.8) is 0 Å². The molecular formula is C17H13BrO2S. The summed E-state index contributed by atoms with van der Waals surface area (Å²) in [7, 11) is 0. The molecule has 0 radical (unpaired) electrons. The smallest absolute Gasteiger partial charge is 0.133 e. The number of aliphatic hydroxyl groups is 1. The zero-order valence-electron chi connectivity index (χ0n) is 11.1. The molecule has 2 heterocycles. The average Bonchev–Trinajstić information content (AvgIpc) is 3.11. The highest BCUT2D eigenvalue weighted by Gasteiger charge is 2.31. The van der Waals surface area contributed by atoms with Gasteiger partial charge in [-0.1, -0.05) is 30.3 Å². The van der Waals surface area contributed by atoms with Crippen LogP contribution in [0, 0.1) is 0 Å². The fourth-order valence-corrected chi connectivity index (χ4v) is 4.51. The molecule has 1 aromatic heterocycles. The molecular weight excluding hydrogens is 348 g/mol. The van der Waals surface area contributed by atoms with Crippen molar-refractivity contribution in [3.8, 4) is 5.75 Å². The van der Waals surface area contributed by atoms with Gasteiger partial charge in [0, 0.05) is 21.2 Å². The van der Waals surface area contributed by atoms with Gasteiger partial charge in [0.25, 0.3) is 0 Å². The van der Waals surface area contributed by atoms with Crippen LogP contribution in [-0.4, -0.2) is 11.2 Å². The molecule has 0 fully saturated rings. The Labute approximate surface area is 135 Å². The molecule has 21 heavy (non-hydrogen) atoms. The summed E-state index contributed by atoms with van der Waals surface area (Å²) in [5.41, 5.74) is 2.12. The summed E-state index contributed by atoms with van der Waals surface area (Å²) < 4.78 is 8.15. The maximum Gasteiger partial charge on any atom is 0.133 e. The number of hydrogen-bond acceptors (Lipinski definition) is 3. The summed E-state index contributed by atoms with van der Waals surface area (Å²) in [6.45, 7) is 0. The lowest BCUT2D eigenvalue weighted by Gasteiger charge is -2.17. The molecule has 0 bridgehead atoms. The van der Waals surface area contributed by atoms with Crippen LogP contribution in [0.2, 0.25) is 0 Å². The first-order chi connectivity index (χ1) is 10.2. The lowest BCUT2D eigenvalue weighted by atomic mass is 10.00. The number of para-hydroxylation sites is 1. The van der Waals surface area contributed by atoms with Crippen LogP contribution in [0.3, 0.4) is 0 Å². The molecule has 1 N–H and O–H groups in total. The number of benzene rings is 2. The third-order valence-electron chi connectivity index (χ3n) is 3.92. The monoisotopic (exact) mass is 360 g/mol. The topological polar surface area (TPSA) is 29.5 Å². The van der Waals surface area contributed by atoms with E-state index < -0.39 is 6.10 Å². The van der Waals surface area contributed by atoms with Crippen LogP contribution >= 0.6 is 27.3 Å². The number of hydrogen-bond donors (Lipinski definition) is 1. The van der Waals surface area contributed by atoms with E-state index in [2.05, 4.69) is 28.1 Å². The van der Waals surface area contributed by atoms with E-state index in [1.165, 1.54) is 10.3 Å². The SMILES string of the molecule is OC(c1csc2c(Br)cccc12)C1Cc2ccccc2O1. The first kappa shape index (κ1) is 13.3. The van der Waals surface area contributed by atoms with Gasteiger partial charge in [-0.05, 0) is 44.4 Å². The Balaban J connectivity index is 1.69. The van der Waals surface area contributed by atoms with Gasteiger partial charge in [0.1, 0.15) is 18.0 Å². The summed E-state index contributed by atoms with van der Waals surface area (Å²) in [4.78, 5) is 0. The van der Waals surface area contributed by atoms with Gasteiger partial charge in [-0.3, -0.25) is 0 Å². The zero-order chi connectivity index (χ0) is 14.4. The van der Waals surface area contributed by atoms with Crippen molar-refractivity contribution in [3.05, 3.63) is 63.4 Å². The van der Waals surface area contributed by atoms with Gasteiger partial charge in [-0.15, -0.1) is 11.3 Å². The minimum Gasteiger partial charge on any atom is -0.487 e. The van der Waals surface area contributed by atoms with Crippen LogP contribution in [0.25, 0.3) is 10.1 Å². The van der Waals surface area contributed by atoms with Gasteiger partial charge < -0.3 is 9.84 Å². The number of halogens is 1. The van der Waals surface area contributed by atoms with Crippen molar-refractivity contribution in [2.75, 3.05) is 0 Å². The predicted octanol–water partition coefficient (Wildman–Crippen LogP) is 4.70. The lowest BCUT2D eigenvalue weighted by Crippen LogP contribution is -2.22. The largest absolute Gasteiger partial charge is 0.487 e. The van der Waals surface area contributed by atoms with E-state index in [0.29, 0.717) is 0 Å². The molecule has 1 aliphatic rings. The first-order valence-corrected chi connectivity index (χ1v) is 8.49. The number of rotatable bonds is 2. The van der Waals surface area contributed by atoms with Crippen LogP contribution in [0.1, 0.15) is 17.2 Å². The van der Waals surface area contributed by atoms with E-state index in [0.717, 1.165) is 27.6 Å². The highest BCUT2D eigenvalue weighted by atomic mass is 79.9. The Hall–Kier alpha value is -1.36. The van der Waals surface area contributed by atoms with E-state index in [1.807, 2.05) is 35.7 Å². The second-order valence-corrected chi connectivity index (χ2v) is 6.95. The van der Waals surface area contributed by atoms with Gasteiger partial charge in [0.2, 0.25) is 0 Å². The maximum absolute atomic E-state index is 10.7. The van der Waals surface area contributed by atoms with Gasteiger partial charge >= 0.3 is 0 Å². The standard InChI is InChI=1S/C17H13BrO2S/c18-13-6-3-5-11-12(9-21-17(11)13)16(19)15-8-10-4-1-2-7-14(10)20-15/h1-7,9,15-16,19H,8H2. The van der Waals surface area contributed by atoms with Crippen LogP contribution < -0.4 is 4.74 Å². The number of thiophene rings is 1. The van der Waals surface area contributed by atoms with Crippen LogP contribution in [0.15, 0.2) is 52.3 Å².